The fourth-order valence-electron chi connectivity index (χ4n) is 6.85. The monoisotopic (exact) mass is 423 g/mol. The van der Waals surface area contributed by atoms with Crippen LogP contribution in [0.1, 0.15) is 36.1 Å². The van der Waals surface area contributed by atoms with Crippen LogP contribution < -0.4 is 14.4 Å². The van der Waals surface area contributed by atoms with Gasteiger partial charge in [0.1, 0.15) is 0 Å². The molecule has 2 heterocycles. The molecule has 0 saturated carbocycles. The summed E-state index contributed by atoms with van der Waals surface area (Å²) in [6, 6.07) is 21.9. The molecule has 3 aromatic carbocycles. The maximum Gasteiger partial charge on any atom is 0.238 e. The number of anilines is 1. The number of imide groups is 1. The van der Waals surface area contributed by atoms with E-state index in [0.717, 1.165) is 22.3 Å². The maximum absolute atomic E-state index is 14.0. The lowest BCUT2D eigenvalue weighted by Gasteiger charge is -2.57. The van der Waals surface area contributed by atoms with E-state index in [2.05, 4.69) is 38.1 Å². The van der Waals surface area contributed by atoms with E-state index < -0.39 is 22.7 Å². The van der Waals surface area contributed by atoms with Crippen molar-refractivity contribution in [3.63, 3.8) is 0 Å². The number of rotatable bonds is 1. The van der Waals surface area contributed by atoms with Crippen LogP contribution in [0, 0.1) is 11.8 Å². The van der Waals surface area contributed by atoms with Gasteiger partial charge in [0.2, 0.25) is 18.6 Å². The number of carbonyl (C=O) groups excluding carboxylic acids is 2. The van der Waals surface area contributed by atoms with Crippen LogP contribution >= 0.6 is 0 Å². The van der Waals surface area contributed by atoms with Gasteiger partial charge in [-0.2, -0.15) is 0 Å². The zero-order chi connectivity index (χ0) is 21.8. The van der Waals surface area contributed by atoms with E-state index in [-0.39, 0.29) is 18.6 Å². The molecule has 3 aliphatic carbocycles. The van der Waals surface area contributed by atoms with Crippen molar-refractivity contribution in [2.45, 2.75) is 24.7 Å². The molecule has 2 amide bonds. The Bertz CT molecular complexity index is 1240. The molecule has 0 radical (unpaired) electrons. The predicted octanol–water partition coefficient (Wildman–Crippen LogP) is 4.16. The number of nitrogens with zero attached hydrogens (tertiary/aromatic N) is 1. The fourth-order valence-corrected chi connectivity index (χ4v) is 6.85. The van der Waals surface area contributed by atoms with Crippen molar-refractivity contribution >= 4 is 17.5 Å². The first-order chi connectivity index (χ1) is 15.5. The molecular formula is C27H21NO4. The molecule has 0 unspecified atom stereocenters. The quantitative estimate of drug-likeness (QED) is 0.552. The Balaban J connectivity index is 1.49. The normalized spacial score (nSPS) is 30.9. The topological polar surface area (TPSA) is 55.8 Å². The van der Waals surface area contributed by atoms with E-state index in [1.54, 1.807) is 18.2 Å². The first kappa shape index (κ1) is 18.0. The molecule has 2 aliphatic heterocycles. The number of amides is 2. The summed E-state index contributed by atoms with van der Waals surface area (Å²) in [6.45, 7) is 4.41. The summed E-state index contributed by atoms with van der Waals surface area (Å²) < 4.78 is 10.9. The smallest absolute Gasteiger partial charge is 0.238 e. The van der Waals surface area contributed by atoms with Crippen LogP contribution in [0.5, 0.6) is 11.5 Å². The molecule has 0 N–H and O–H groups in total. The minimum absolute atomic E-state index is 0.142. The lowest BCUT2D eigenvalue weighted by Crippen LogP contribution is -2.59. The minimum atomic E-state index is -0.576. The second-order valence-electron chi connectivity index (χ2n) is 9.50. The molecular weight excluding hydrogens is 402 g/mol. The molecule has 158 valence electrons. The third-order valence-corrected chi connectivity index (χ3v) is 8.26. The Hall–Kier alpha value is -3.60. The highest BCUT2D eigenvalue weighted by Gasteiger charge is 2.70. The van der Waals surface area contributed by atoms with Gasteiger partial charge in [-0.15, -0.1) is 0 Å². The van der Waals surface area contributed by atoms with Crippen LogP contribution in [0.3, 0.4) is 0 Å². The van der Waals surface area contributed by atoms with Gasteiger partial charge in [0.05, 0.1) is 17.5 Å². The molecule has 5 heteroatoms. The average Bonchev–Trinajstić information content (AvgIpc) is 3.39. The van der Waals surface area contributed by atoms with Crippen LogP contribution in [0.2, 0.25) is 0 Å². The Morgan fingerprint density at radius 3 is 1.69 bits per heavy atom. The third kappa shape index (κ3) is 1.80. The SMILES string of the molecule is CC12c3ccccc3C(C)(c3ccccc31)[C@@H]1C(=O)N(c3ccc4c(c3)OCO4)C(=O)[C@H]12. The number of hydrogen-bond donors (Lipinski definition) is 0. The van der Waals surface area contributed by atoms with Gasteiger partial charge in [-0.05, 0) is 34.4 Å². The largest absolute Gasteiger partial charge is 0.454 e. The molecule has 2 atom stereocenters. The standard InChI is InChI=1S/C27H21NO4/c1-26-16-7-3-5-9-18(16)27(2,19-10-6-4-8-17(19)26)23-22(26)24(29)28(25(23)30)15-11-12-20-21(13-15)32-14-31-20/h3-13,22-23H,14H2,1-2H3/t22-,23-,26?,27?/m0/s1. The van der Waals surface area contributed by atoms with E-state index in [0.29, 0.717) is 17.2 Å². The van der Waals surface area contributed by atoms with Crippen LogP contribution in [0.25, 0.3) is 0 Å². The highest BCUT2D eigenvalue weighted by atomic mass is 16.7. The molecule has 8 rings (SSSR count). The van der Waals surface area contributed by atoms with Crippen molar-refractivity contribution in [1.29, 1.82) is 0 Å². The van der Waals surface area contributed by atoms with Crippen LogP contribution in [0.15, 0.2) is 66.7 Å². The van der Waals surface area contributed by atoms with Crippen molar-refractivity contribution in [3.8, 4) is 11.5 Å². The van der Waals surface area contributed by atoms with Crippen molar-refractivity contribution in [2.75, 3.05) is 11.7 Å². The molecule has 0 spiro atoms. The van der Waals surface area contributed by atoms with Gasteiger partial charge in [0.25, 0.3) is 0 Å². The Morgan fingerprint density at radius 2 is 1.19 bits per heavy atom. The molecule has 2 bridgehead atoms. The molecule has 5 nitrogen and oxygen atoms in total. The van der Waals surface area contributed by atoms with Crippen molar-refractivity contribution in [1.82, 2.24) is 0 Å². The first-order valence-electron chi connectivity index (χ1n) is 10.9. The summed E-state index contributed by atoms with van der Waals surface area (Å²) >= 11 is 0. The highest BCUT2D eigenvalue weighted by molar-refractivity contribution is 6.24. The minimum Gasteiger partial charge on any atom is -0.454 e. The number of carbonyl (C=O) groups is 2. The molecule has 0 aromatic heterocycles. The summed E-state index contributed by atoms with van der Waals surface area (Å²) in [5, 5.41) is 0. The van der Waals surface area contributed by atoms with Crippen molar-refractivity contribution in [2.24, 2.45) is 11.8 Å². The Labute approximate surface area is 185 Å². The maximum atomic E-state index is 14.0. The Morgan fingerprint density at radius 1 is 0.719 bits per heavy atom. The Kier molecular flexibility index (Phi) is 3.15. The number of benzene rings is 3. The van der Waals surface area contributed by atoms with E-state index in [1.807, 2.05) is 24.3 Å². The van der Waals surface area contributed by atoms with Gasteiger partial charge in [-0.3, -0.25) is 9.59 Å². The summed E-state index contributed by atoms with van der Waals surface area (Å²) in [5.74, 6) is -0.0207. The van der Waals surface area contributed by atoms with Gasteiger partial charge in [0, 0.05) is 16.9 Å². The number of fused-ring (bicyclic) bond motifs is 1. The van der Waals surface area contributed by atoms with Crippen molar-refractivity contribution in [3.05, 3.63) is 89.0 Å². The molecule has 1 fully saturated rings. The molecule has 3 aromatic rings. The van der Waals surface area contributed by atoms with Gasteiger partial charge in [-0.25, -0.2) is 4.90 Å². The van der Waals surface area contributed by atoms with E-state index >= 15 is 0 Å². The molecule has 32 heavy (non-hydrogen) atoms. The summed E-state index contributed by atoms with van der Waals surface area (Å²) in [5.41, 5.74) is 3.99. The third-order valence-electron chi connectivity index (χ3n) is 8.26. The zero-order valence-electron chi connectivity index (χ0n) is 17.8. The first-order valence-corrected chi connectivity index (χ1v) is 10.9. The van der Waals surface area contributed by atoms with Crippen molar-refractivity contribution < 1.29 is 19.1 Å². The summed E-state index contributed by atoms with van der Waals surface area (Å²) in [7, 11) is 0. The highest BCUT2D eigenvalue weighted by Crippen LogP contribution is 2.66. The van der Waals surface area contributed by atoms with E-state index in [4.69, 9.17) is 9.47 Å². The summed E-state index contributed by atoms with van der Waals surface area (Å²) in [4.78, 5) is 29.5. The number of hydrogen-bond acceptors (Lipinski definition) is 4. The average molecular weight is 423 g/mol. The van der Waals surface area contributed by atoms with E-state index in [9.17, 15) is 9.59 Å². The fraction of sp³-hybridized carbons (Fsp3) is 0.259. The van der Waals surface area contributed by atoms with Gasteiger partial charge >= 0.3 is 0 Å². The van der Waals surface area contributed by atoms with Crippen LogP contribution in [-0.4, -0.2) is 18.6 Å². The van der Waals surface area contributed by atoms with E-state index in [1.165, 1.54) is 4.90 Å². The second kappa shape index (κ2) is 5.60. The van der Waals surface area contributed by atoms with Gasteiger partial charge < -0.3 is 9.47 Å². The predicted molar refractivity (Wildman–Crippen MR) is 118 cm³/mol. The molecule has 5 aliphatic rings. The van der Waals surface area contributed by atoms with Crippen LogP contribution in [-0.2, 0) is 20.4 Å². The zero-order valence-corrected chi connectivity index (χ0v) is 17.8. The van der Waals surface area contributed by atoms with Gasteiger partial charge in [-0.1, -0.05) is 62.4 Å². The number of ether oxygens (including phenoxy) is 2. The molecule has 1 saturated heterocycles. The summed E-state index contributed by atoms with van der Waals surface area (Å²) in [6.07, 6.45) is 0. The van der Waals surface area contributed by atoms with Gasteiger partial charge in [0.15, 0.2) is 11.5 Å². The second-order valence-corrected chi connectivity index (χ2v) is 9.50. The lowest BCUT2D eigenvalue weighted by molar-refractivity contribution is -0.124. The van der Waals surface area contributed by atoms with Crippen LogP contribution in [0.4, 0.5) is 5.69 Å². The lowest BCUT2D eigenvalue weighted by atomic mass is 9.42.